The Morgan fingerprint density at radius 1 is 0.483 bits per heavy atom. The number of carbonyl (C=O) groups is 2. The third kappa shape index (κ3) is 5.41. The van der Waals surface area contributed by atoms with Gasteiger partial charge in [-0.2, -0.15) is 0 Å². The molecule has 4 heterocycles. The van der Waals surface area contributed by atoms with Gasteiger partial charge in [-0.05, 0) is 77.8 Å². The minimum atomic E-state index is -0.110. The lowest BCUT2D eigenvalue weighted by atomic mass is 10.1. The van der Waals surface area contributed by atoms with Crippen LogP contribution in [0, 0.1) is 0 Å². The summed E-state index contributed by atoms with van der Waals surface area (Å²) in [6, 6.07) is -0.220. The van der Waals surface area contributed by atoms with Crippen molar-refractivity contribution in [2.75, 3.05) is 65.9 Å². The van der Waals surface area contributed by atoms with E-state index in [0.717, 1.165) is 52.1 Å². The van der Waals surface area contributed by atoms with E-state index in [9.17, 15) is 9.59 Å². The number of imide groups is 1. The Labute approximate surface area is 175 Å². The van der Waals surface area contributed by atoms with Crippen LogP contribution in [0.2, 0.25) is 0 Å². The summed E-state index contributed by atoms with van der Waals surface area (Å²) in [5.41, 5.74) is 0. The van der Waals surface area contributed by atoms with E-state index in [1.54, 1.807) is 0 Å². The summed E-state index contributed by atoms with van der Waals surface area (Å²) in [5, 5.41) is 0. The van der Waals surface area contributed by atoms with Gasteiger partial charge in [0.25, 0.3) is 0 Å². The molecule has 0 atom stereocenters. The number of likely N-dealkylation sites (tertiary alicyclic amines) is 3. The van der Waals surface area contributed by atoms with Crippen LogP contribution in [0.3, 0.4) is 0 Å². The number of amides is 4. The third-order valence-corrected chi connectivity index (χ3v) is 6.77. The van der Waals surface area contributed by atoms with Gasteiger partial charge in [0.2, 0.25) is 0 Å². The molecule has 4 rings (SSSR count). The zero-order chi connectivity index (χ0) is 20.1. The van der Waals surface area contributed by atoms with E-state index in [1.807, 2.05) is 9.80 Å². The number of piperidine rings is 3. The lowest BCUT2D eigenvalue weighted by Gasteiger charge is -2.46. The Kier molecular flexibility index (Phi) is 7.26. The van der Waals surface area contributed by atoms with Crippen molar-refractivity contribution in [3.63, 3.8) is 0 Å². The highest BCUT2D eigenvalue weighted by Crippen LogP contribution is 2.19. The number of urea groups is 2. The summed E-state index contributed by atoms with van der Waals surface area (Å²) in [4.78, 5) is 38.8. The molecule has 4 aliphatic heterocycles. The molecule has 0 bridgehead atoms. The predicted octanol–water partition coefficient (Wildman–Crippen LogP) is 2.43. The molecule has 0 radical (unpaired) electrons. The second-order valence-corrected chi connectivity index (χ2v) is 9.17. The van der Waals surface area contributed by atoms with Crippen molar-refractivity contribution in [3.8, 4) is 0 Å². The minimum Gasteiger partial charge on any atom is -0.293 e. The molecule has 4 aliphatic rings. The van der Waals surface area contributed by atoms with Gasteiger partial charge in [0.1, 0.15) is 6.67 Å². The highest BCUT2D eigenvalue weighted by molar-refractivity contribution is 5.95. The van der Waals surface area contributed by atoms with Crippen LogP contribution in [0.1, 0.15) is 57.8 Å². The van der Waals surface area contributed by atoms with Crippen LogP contribution < -0.4 is 0 Å². The van der Waals surface area contributed by atoms with Gasteiger partial charge in [-0.25, -0.2) is 14.5 Å². The number of nitrogens with zero attached hydrogens (tertiary/aromatic N) is 6. The number of rotatable bonds is 6. The second kappa shape index (κ2) is 10.1. The fourth-order valence-corrected chi connectivity index (χ4v) is 5.07. The summed E-state index contributed by atoms with van der Waals surface area (Å²) in [7, 11) is 0. The molecule has 0 unspecified atom stereocenters. The Bertz CT molecular complexity index is 517. The maximum atomic E-state index is 13.3. The average molecular weight is 407 g/mol. The predicted molar refractivity (Wildman–Crippen MR) is 112 cm³/mol. The zero-order valence-corrected chi connectivity index (χ0v) is 17.9. The maximum absolute atomic E-state index is 13.3. The van der Waals surface area contributed by atoms with Crippen LogP contribution in [-0.2, 0) is 0 Å². The molecule has 0 N–H and O–H groups in total. The van der Waals surface area contributed by atoms with Gasteiger partial charge < -0.3 is 0 Å². The van der Waals surface area contributed by atoms with E-state index in [0.29, 0.717) is 26.7 Å². The van der Waals surface area contributed by atoms with Crippen molar-refractivity contribution in [3.05, 3.63) is 0 Å². The van der Waals surface area contributed by atoms with Crippen molar-refractivity contribution in [2.24, 2.45) is 0 Å². The Morgan fingerprint density at radius 2 is 0.828 bits per heavy atom. The van der Waals surface area contributed by atoms with Gasteiger partial charge in [-0.3, -0.25) is 24.5 Å². The van der Waals surface area contributed by atoms with E-state index >= 15 is 0 Å². The fourth-order valence-electron chi connectivity index (χ4n) is 5.07. The number of carbonyl (C=O) groups excluding carboxylic acids is 2. The monoisotopic (exact) mass is 406 g/mol. The van der Waals surface area contributed by atoms with E-state index in [4.69, 9.17) is 0 Å². The first-order valence-corrected chi connectivity index (χ1v) is 11.7. The van der Waals surface area contributed by atoms with Crippen LogP contribution in [0.15, 0.2) is 0 Å². The molecule has 8 heteroatoms. The molecule has 0 aromatic carbocycles. The summed E-state index contributed by atoms with van der Waals surface area (Å²) in [6.07, 6.45) is 10.9. The van der Waals surface area contributed by atoms with E-state index in [-0.39, 0.29) is 12.1 Å². The Hall–Kier alpha value is -1.38. The molecule has 4 amide bonds. The smallest absolute Gasteiger partial charge is 0.293 e. The summed E-state index contributed by atoms with van der Waals surface area (Å²) in [6.45, 7) is 8.30. The van der Waals surface area contributed by atoms with Gasteiger partial charge in [-0.1, -0.05) is 19.3 Å². The largest absolute Gasteiger partial charge is 0.331 e. The molecular weight excluding hydrogens is 368 g/mol. The van der Waals surface area contributed by atoms with Gasteiger partial charge >= 0.3 is 12.1 Å². The van der Waals surface area contributed by atoms with Crippen molar-refractivity contribution in [1.29, 1.82) is 0 Å². The van der Waals surface area contributed by atoms with E-state index in [2.05, 4.69) is 14.7 Å². The van der Waals surface area contributed by atoms with Gasteiger partial charge in [0.05, 0.1) is 20.0 Å². The molecule has 0 aliphatic carbocycles. The first kappa shape index (κ1) is 20.9. The fraction of sp³-hybridized carbons (Fsp3) is 0.905. The molecule has 164 valence electrons. The second-order valence-electron chi connectivity index (χ2n) is 9.17. The standard InChI is InChI=1S/C21H38N6O2/c28-20-25(16-22-10-4-1-5-11-22)19-26(17-23-12-6-2-7-13-23)21(29)27(20)18-24-14-8-3-9-15-24/h1-19H2. The van der Waals surface area contributed by atoms with Crippen molar-refractivity contribution >= 4 is 12.1 Å². The van der Waals surface area contributed by atoms with Crippen LogP contribution >= 0.6 is 0 Å². The average Bonchev–Trinajstić information content (AvgIpc) is 2.77. The molecule has 0 spiro atoms. The molecule has 0 aromatic heterocycles. The molecule has 4 fully saturated rings. The lowest BCUT2D eigenvalue weighted by Crippen LogP contribution is -2.65. The van der Waals surface area contributed by atoms with E-state index in [1.165, 1.54) is 49.8 Å². The third-order valence-electron chi connectivity index (χ3n) is 6.77. The summed E-state index contributed by atoms with van der Waals surface area (Å²) >= 11 is 0. The Balaban J connectivity index is 1.44. The highest BCUT2D eigenvalue weighted by atomic mass is 16.2. The molecule has 29 heavy (non-hydrogen) atoms. The maximum Gasteiger partial charge on any atom is 0.331 e. The SMILES string of the molecule is O=C1N(CN2CCCCC2)CN(CN2CCCCC2)C(=O)N1CN1CCCCC1. The van der Waals surface area contributed by atoms with Crippen LogP contribution in [-0.4, -0.2) is 107 Å². The Morgan fingerprint density at radius 3 is 1.21 bits per heavy atom. The molecule has 4 saturated heterocycles. The van der Waals surface area contributed by atoms with E-state index < -0.39 is 0 Å². The lowest BCUT2D eigenvalue weighted by molar-refractivity contribution is 0.0103. The van der Waals surface area contributed by atoms with Crippen molar-refractivity contribution in [1.82, 2.24) is 29.4 Å². The highest BCUT2D eigenvalue weighted by Gasteiger charge is 2.39. The summed E-state index contributed by atoms with van der Waals surface area (Å²) in [5.74, 6) is 0. The van der Waals surface area contributed by atoms with Gasteiger partial charge in [0.15, 0.2) is 0 Å². The van der Waals surface area contributed by atoms with Crippen molar-refractivity contribution < 1.29 is 9.59 Å². The zero-order valence-electron chi connectivity index (χ0n) is 17.9. The summed E-state index contributed by atoms with van der Waals surface area (Å²) < 4.78 is 0. The first-order valence-electron chi connectivity index (χ1n) is 11.7. The first-order chi connectivity index (χ1) is 14.2. The molecule has 8 nitrogen and oxygen atoms in total. The topological polar surface area (TPSA) is 53.6 Å². The number of hydrogen-bond acceptors (Lipinski definition) is 5. The molecule has 0 saturated carbocycles. The van der Waals surface area contributed by atoms with Crippen LogP contribution in [0.4, 0.5) is 9.59 Å². The van der Waals surface area contributed by atoms with Gasteiger partial charge in [-0.15, -0.1) is 0 Å². The minimum absolute atomic E-state index is 0.110. The molecular formula is C21H38N6O2. The normalized spacial score (nSPS) is 26.4. The quantitative estimate of drug-likeness (QED) is 0.678. The van der Waals surface area contributed by atoms with Crippen LogP contribution in [0.25, 0.3) is 0 Å². The van der Waals surface area contributed by atoms with Crippen LogP contribution in [0.5, 0.6) is 0 Å². The van der Waals surface area contributed by atoms with Crippen molar-refractivity contribution in [2.45, 2.75) is 57.8 Å². The molecule has 0 aromatic rings. The van der Waals surface area contributed by atoms with Gasteiger partial charge in [0, 0.05) is 0 Å². The number of hydrogen-bond donors (Lipinski definition) is 0.